The van der Waals surface area contributed by atoms with Gasteiger partial charge in [-0.05, 0) is 18.9 Å². The summed E-state index contributed by atoms with van der Waals surface area (Å²) in [7, 11) is 0. The molecule has 2 atom stereocenters. The van der Waals surface area contributed by atoms with E-state index in [4.69, 9.17) is 0 Å². The molecule has 0 fully saturated rings. The highest BCUT2D eigenvalue weighted by atomic mass is 79.9. The molecule has 0 aromatic heterocycles. The third-order valence-electron chi connectivity index (χ3n) is 1.80. The Balaban J connectivity index is 2.53. The Morgan fingerprint density at radius 3 is 2.42 bits per heavy atom. The molecule has 66 valence electrons. The van der Waals surface area contributed by atoms with Crippen molar-refractivity contribution >= 4 is 15.9 Å². The molecule has 0 saturated heterocycles. The van der Waals surface area contributed by atoms with Gasteiger partial charge in [-0.2, -0.15) is 0 Å². The Morgan fingerprint density at radius 1 is 1.33 bits per heavy atom. The van der Waals surface area contributed by atoms with Gasteiger partial charge in [-0.1, -0.05) is 46.3 Å². The average Bonchev–Trinajstić information content (AvgIpc) is 2.06. The Labute approximate surface area is 81.6 Å². The van der Waals surface area contributed by atoms with Crippen LogP contribution in [0.5, 0.6) is 0 Å². The van der Waals surface area contributed by atoms with Crippen LogP contribution in [0.25, 0.3) is 0 Å². The van der Waals surface area contributed by atoms with Gasteiger partial charge in [0.25, 0.3) is 0 Å². The molecule has 1 aromatic carbocycles. The lowest BCUT2D eigenvalue weighted by molar-refractivity contribution is 0.193. The number of hydrogen-bond acceptors (Lipinski definition) is 1. The number of benzene rings is 1. The Morgan fingerprint density at radius 2 is 1.92 bits per heavy atom. The largest absolute Gasteiger partial charge is 0.392 e. The topological polar surface area (TPSA) is 20.2 Å². The smallest absolute Gasteiger partial charge is 0.0640 e. The minimum atomic E-state index is -0.301. The van der Waals surface area contributed by atoms with Crippen molar-refractivity contribution in [1.82, 2.24) is 0 Å². The summed E-state index contributed by atoms with van der Waals surface area (Å²) in [4.78, 5) is 0.153. The van der Waals surface area contributed by atoms with Gasteiger partial charge in [-0.25, -0.2) is 0 Å². The van der Waals surface area contributed by atoms with E-state index in [0.29, 0.717) is 0 Å². The van der Waals surface area contributed by atoms with Gasteiger partial charge in [-0.15, -0.1) is 0 Å². The fourth-order valence-electron chi connectivity index (χ4n) is 1.01. The highest BCUT2D eigenvalue weighted by molar-refractivity contribution is 9.09. The van der Waals surface area contributed by atoms with Gasteiger partial charge < -0.3 is 5.11 Å². The molecule has 12 heavy (non-hydrogen) atoms. The number of alkyl halides is 1. The molecule has 0 unspecified atom stereocenters. The van der Waals surface area contributed by atoms with Crippen molar-refractivity contribution in [2.24, 2.45) is 0 Å². The summed E-state index contributed by atoms with van der Waals surface area (Å²) in [6.07, 6.45) is 0.573. The molecule has 1 N–H and O–H groups in total. The van der Waals surface area contributed by atoms with Crippen LogP contribution in [-0.4, -0.2) is 16.0 Å². The molecule has 1 nitrogen and oxygen atoms in total. The lowest BCUT2D eigenvalue weighted by Crippen LogP contribution is -2.18. The van der Waals surface area contributed by atoms with Crippen molar-refractivity contribution in [3.63, 3.8) is 0 Å². The van der Waals surface area contributed by atoms with Crippen molar-refractivity contribution in [2.75, 3.05) is 0 Å². The molecule has 0 amide bonds. The summed E-state index contributed by atoms with van der Waals surface area (Å²) in [5.74, 6) is 0. The van der Waals surface area contributed by atoms with E-state index in [-0.39, 0.29) is 10.9 Å². The molecule has 0 aliphatic carbocycles. The first-order valence-electron chi connectivity index (χ1n) is 4.06. The van der Waals surface area contributed by atoms with Crippen molar-refractivity contribution < 1.29 is 5.11 Å². The number of aliphatic hydroxyl groups excluding tert-OH is 1. The monoisotopic (exact) mass is 228 g/mol. The van der Waals surface area contributed by atoms with Gasteiger partial charge in [0.05, 0.1) is 6.10 Å². The van der Waals surface area contributed by atoms with Crippen LogP contribution >= 0.6 is 15.9 Å². The number of halogens is 1. The van der Waals surface area contributed by atoms with E-state index in [1.165, 1.54) is 5.56 Å². The highest BCUT2D eigenvalue weighted by Crippen LogP contribution is 2.12. The normalized spacial score (nSPS) is 15.6. The summed E-state index contributed by atoms with van der Waals surface area (Å²) < 4.78 is 0. The fraction of sp³-hybridized carbons (Fsp3) is 0.400. The molecule has 0 heterocycles. The van der Waals surface area contributed by atoms with E-state index in [1.807, 2.05) is 18.2 Å². The van der Waals surface area contributed by atoms with Gasteiger partial charge in [-0.3, -0.25) is 0 Å². The van der Waals surface area contributed by atoms with Crippen LogP contribution < -0.4 is 0 Å². The number of aliphatic hydroxyl groups is 1. The zero-order chi connectivity index (χ0) is 8.97. The van der Waals surface area contributed by atoms with Crippen LogP contribution in [-0.2, 0) is 6.42 Å². The predicted octanol–water partition coefficient (Wildman–Crippen LogP) is 2.37. The van der Waals surface area contributed by atoms with E-state index in [2.05, 4.69) is 28.1 Å². The molecule has 0 saturated carbocycles. The summed E-state index contributed by atoms with van der Waals surface area (Å²) in [6.45, 7) is 1.79. The standard InChI is InChI=1S/C10H13BrO/c1-8(12)10(11)7-9-5-3-2-4-6-9/h2-6,8,10,12H,7H2,1H3/t8-,10+/m0/s1. The van der Waals surface area contributed by atoms with E-state index < -0.39 is 0 Å². The van der Waals surface area contributed by atoms with Crippen molar-refractivity contribution in [1.29, 1.82) is 0 Å². The molecule has 0 spiro atoms. The second kappa shape index (κ2) is 4.63. The highest BCUT2D eigenvalue weighted by Gasteiger charge is 2.10. The first-order chi connectivity index (χ1) is 5.70. The van der Waals surface area contributed by atoms with Gasteiger partial charge >= 0.3 is 0 Å². The Bertz CT molecular complexity index is 221. The SMILES string of the molecule is C[C@H](O)[C@H](Br)Cc1ccccc1. The maximum absolute atomic E-state index is 9.24. The average molecular weight is 229 g/mol. The van der Waals surface area contributed by atoms with E-state index >= 15 is 0 Å². The van der Waals surface area contributed by atoms with Crippen LogP contribution in [0, 0.1) is 0 Å². The first-order valence-corrected chi connectivity index (χ1v) is 4.98. The van der Waals surface area contributed by atoms with Crippen LogP contribution in [0.15, 0.2) is 30.3 Å². The van der Waals surface area contributed by atoms with E-state index in [1.54, 1.807) is 6.92 Å². The van der Waals surface area contributed by atoms with Crippen molar-refractivity contribution in [3.8, 4) is 0 Å². The maximum atomic E-state index is 9.24. The zero-order valence-corrected chi connectivity index (χ0v) is 8.66. The van der Waals surface area contributed by atoms with Gasteiger partial charge in [0.1, 0.15) is 0 Å². The number of hydrogen-bond donors (Lipinski definition) is 1. The van der Waals surface area contributed by atoms with Crippen LogP contribution in [0.2, 0.25) is 0 Å². The van der Waals surface area contributed by atoms with E-state index in [9.17, 15) is 5.11 Å². The van der Waals surface area contributed by atoms with Crippen molar-refractivity contribution in [3.05, 3.63) is 35.9 Å². The minimum Gasteiger partial charge on any atom is -0.392 e. The summed E-state index contributed by atoms with van der Waals surface area (Å²) in [5, 5.41) is 9.24. The van der Waals surface area contributed by atoms with Gasteiger partial charge in [0.15, 0.2) is 0 Å². The number of rotatable bonds is 3. The van der Waals surface area contributed by atoms with Crippen LogP contribution in [0.3, 0.4) is 0 Å². The molecule has 0 aliphatic heterocycles. The Kier molecular flexibility index (Phi) is 3.76. The third-order valence-corrected chi connectivity index (χ3v) is 2.89. The molecule has 1 aromatic rings. The molecule has 1 rings (SSSR count). The van der Waals surface area contributed by atoms with Crippen LogP contribution in [0.4, 0.5) is 0 Å². The van der Waals surface area contributed by atoms with E-state index in [0.717, 1.165) is 6.42 Å². The molecular weight excluding hydrogens is 216 g/mol. The molecular formula is C10H13BrO. The maximum Gasteiger partial charge on any atom is 0.0640 e. The molecule has 0 bridgehead atoms. The first kappa shape index (κ1) is 9.75. The lowest BCUT2D eigenvalue weighted by Gasteiger charge is -2.12. The van der Waals surface area contributed by atoms with Gasteiger partial charge in [0.2, 0.25) is 0 Å². The minimum absolute atomic E-state index is 0.153. The molecule has 0 aliphatic rings. The zero-order valence-electron chi connectivity index (χ0n) is 7.07. The van der Waals surface area contributed by atoms with Gasteiger partial charge in [0, 0.05) is 4.83 Å². The van der Waals surface area contributed by atoms with Crippen molar-refractivity contribution in [2.45, 2.75) is 24.3 Å². The lowest BCUT2D eigenvalue weighted by atomic mass is 10.1. The quantitative estimate of drug-likeness (QED) is 0.789. The predicted molar refractivity (Wildman–Crippen MR) is 54.5 cm³/mol. The summed E-state index contributed by atoms with van der Waals surface area (Å²) >= 11 is 3.43. The summed E-state index contributed by atoms with van der Waals surface area (Å²) in [6, 6.07) is 10.1. The Hall–Kier alpha value is -0.340. The van der Waals surface area contributed by atoms with Crippen LogP contribution in [0.1, 0.15) is 12.5 Å². The third kappa shape index (κ3) is 2.95. The second-order valence-corrected chi connectivity index (χ2v) is 4.12. The molecule has 0 radical (unpaired) electrons. The fourth-order valence-corrected chi connectivity index (χ4v) is 1.38. The second-order valence-electron chi connectivity index (χ2n) is 2.95. The summed E-state index contributed by atoms with van der Waals surface area (Å²) in [5.41, 5.74) is 1.25. The molecule has 2 heteroatoms.